The Morgan fingerprint density at radius 2 is 2.20 bits per heavy atom. The molecular weight excluding hydrogens is 291 g/mol. The fourth-order valence-electron chi connectivity index (χ4n) is 3.50. The van der Waals surface area contributed by atoms with Gasteiger partial charge in [0.2, 0.25) is 0 Å². The molecule has 0 bridgehead atoms. The Bertz CT molecular complexity index is 606. The molecule has 2 nitrogen and oxygen atoms in total. The SMILES string of the molecule is CCC1CCCC(n2c(CCl)nc3c(Cl)cccc32)C1. The minimum atomic E-state index is 0.443. The Labute approximate surface area is 130 Å². The highest BCUT2D eigenvalue weighted by Crippen LogP contribution is 2.38. The van der Waals surface area contributed by atoms with Crippen molar-refractivity contribution in [3.05, 3.63) is 29.0 Å². The van der Waals surface area contributed by atoms with Gasteiger partial charge >= 0.3 is 0 Å². The van der Waals surface area contributed by atoms with Crippen LogP contribution < -0.4 is 0 Å². The van der Waals surface area contributed by atoms with E-state index in [1.165, 1.54) is 32.1 Å². The molecule has 2 atom stereocenters. The molecule has 1 aliphatic rings. The molecule has 1 saturated carbocycles. The van der Waals surface area contributed by atoms with Crippen LogP contribution in [0.3, 0.4) is 0 Å². The topological polar surface area (TPSA) is 17.8 Å². The fourth-order valence-corrected chi connectivity index (χ4v) is 3.90. The van der Waals surface area contributed by atoms with E-state index in [2.05, 4.69) is 22.5 Å². The van der Waals surface area contributed by atoms with Gasteiger partial charge in [0.15, 0.2) is 0 Å². The van der Waals surface area contributed by atoms with E-state index in [1.54, 1.807) is 0 Å². The van der Waals surface area contributed by atoms with Crippen molar-refractivity contribution < 1.29 is 0 Å². The third-order valence-corrected chi connectivity index (χ3v) is 5.11. The van der Waals surface area contributed by atoms with E-state index in [0.717, 1.165) is 27.8 Å². The van der Waals surface area contributed by atoms with Crippen molar-refractivity contribution in [1.82, 2.24) is 9.55 Å². The van der Waals surface area contributed by atoms with Gasteiger partial charge in [-0.2, -0.15) is 0 Å². The average molecular weight is 311 g/mol. The van der Waals surface area contributed by atoms with Crippen molar-refractivity contribution in [1.29, 1.82) is 0 Å². The van der Waals surface area contributed by atoms with Gasteiger partial charge in [0.25, 0.3) is 0 Å². The molecule has 20 heavy (non-hydrogen) atoms. The number of aromatic nitrogens is 2. The molecule has 0 amide bonds. The number of hydrogen-bond donors (Lipinski definition) is 0. The predicted octanol–water partition coefficient (Wildman–Crippen LogP) is 5.57. The molecule has 0 spiro atoms. The van der Waals surface area contributed by atoms with Gasteiger partial charge in [0.1, 0.15) is 11.3 Å². The van der Waals surface area contributed by atoms with Crippen LogP contribution in [0.2, 0.25) is 5.02 Å². The van der Waals surface area contributed by atoms with Gasteiger partial charge in [-0.15, -0.1) is 11.6 Å². The largest absolute Gasteiger partial charge is 0.324 e. The molecule has 2 unspecified atom stereocenters. The van der Waals surface area contributed by atoms with E-state index in [9.17, 15) is 0 Å². The van der Waals surface area contributed by atoms with Crippen molar-refractivity contribution in [2.45, 2.75) is 50.9 Å². The second-order valence-corrected chi connectivity index (χ2v) is 6.41. The van der Waals surface area contributed by atoms with Crippen LogP contribution in [0.25, 0.3) is 11.0 Å². The van der Waals surface area contributed by atoms with Crippen molar-refractivity contribution in [2.75, 3.05) is 0 Å². The number of benzene rings is 1. The van der Waals surface area contributed by atoms with E-state index >= 15 is 0 Å². The highest BCUT2D eigenvalue weighted by molar-refractivity contribution is 6.35. The fraction of sp³-hybridized carbons (Fsp3) is 0.562. The monoisotopic (exact) mass is 310 g/mol. The maximum absolute atomic E-state index is 6.28. The molecule has 0 N–H and O–H groups in total. The molecule has 1 aromatic carbocycles. The summed E-state index contributed by atoms with van der Waals surface area (Å²) in [6, 6.07) is 6.53. The van der Waals surface area contributed by atoms with Crippen LogP contribution in [0.5, 0.6) is 0 Å². The Morgan fingerprint density at radius 3 is 2.95 bits per heavy atom. The molecule has 0 saturated heterocycles. The number of hydrogen-bond acceptors (Lipinski definition) is 1. The van der Waals surface area contributed by atoms with Crippen LogP contribution in [0.4, 0.5) is 0 Å². The van der Waals surface area contributed by atoms with Gasteiger partial charge in [0, 0.05) is 6.04 Å². The molecule has 2 aromatic rings. The van der Waals surface area contributed by atoms with E-state index in [1.807, 2.05) is 12.1 Å². The second kappa shape index (κ2) is 5.95. The second-order valence-electron chi connectivity index (χ2n) is 5.73. The summed E-state index contributed by atoms with van der Waals surface area (Å²) in [5, 5.41) is 0.718. The zero-order chi connectivity index (χ0) is 14.1. The highest BCUT2D eigenvalue weighted by Gasteiger charge is 2.25. The first-order valence-electron chi connectivity index (χ1n) is 7.45. The van der Waals surface area contributed by atoms with E-state index in [4.69, 9.17) is 23.2 Å². The summed E-state index contributed by atoms with van der Waals surface area (Å²) < 4.78 is 2.34. The maximum atomic E-state index is 6.28. The summed E-state index contributed by atoms with van der Waals surface area (Å²) in [4.78, 5) is 4.66. The number of halogens is 2. The normalized spacial score (nSPS) is 23.4. The van der Waals surface area contributed by atoms with Gasteiger partial charge < -0.3 is 4.57 Å². The highest BCUT2D eigenvalue weighted by atomic mass is 35.5. The lowest BCUT2D eigenvalue weighted by Crippen LogP contribution is -2.20. The molecule has 1 fully saturated rings. The summed E-state index contributed by atoms with van der Waals surface area (Å²) in [5.41, 5.74) is 2.03. The average Bonchev–Trinajstić information content (AvgIpc) is 2.87. The van der Waals surface area contributed by atoms with Crippen molar-refractivity contribution in [3.63, 3.8) is 0 Å². The summed E-state index contributed by atoms with van der Waals surface area (Å²) in [5.74, 6) is 2.23. The molecule has 0 aliphatic heterocycles. The number of fused-ring (bicyclic) bond motifs is 1. The molecule has 108 valence electrons. The summed E-state index contributed by atoms with van der Waals surface area (Å²) in [6.45, 7) is 2.29. The zero-order valence-corrected chi connectivity index (χ0v) is 13.3. The smallest absolute Gasteiger partial charge is 0.125 e. The number of imidazole rings is 1. The molecule has 0 radical (unpaired) electrons. The van der Waals surface area contributed by atoms with Gasteiger partial charge in [-0.1, -0.05) is 43.9 Å². The maximum Gasteiger partial charge on any atom is 0.125 e. The number of rotatable bonds is 3. The summed E-state index contributed by atoms with van der Waals surface area (Å²) in [6.07, 6.45) is 6.37. The molecule has 1 aromatic heterocycles. The summed E-state index contributed by atoms with van der Waals surface area (Å²) in [7, 11) is 0. The first-order chi connectivity index (χ1) is 9.74. The van der Waals surface area contributed by atoms with E-state index < -0.39 is 0 Å². The number of nitrogens with zero attached hydrogens (tertiary/aromatic N) is 2. The Hall–Kier alpha value is -0.730. The Morgan fingerprint density at radius 1 is 1.35 bits per heavy atom. The quantitative estimate of drug-likeness (QED) is 0.678. The van der Waals surface area contributed by atoms with Crippen LogP contribution in [0, 0.1) is 5.92 Å². The standard InChI is InChI=1S/C16H20Cl2N2/c1-2-11-5-3-6-12(9-11)20-14-8-4-7-13(18)16(14)19-15(20)10-17/h4,7-8,11-12H,2-3,5-6,9-10H2,1H3. The van der Waals surface area contributed by atoms with Gasteiger partial charge in [-0.3, -0.25) is 0 Å². The number of para-hydroxylation sites is 1. The lowest BCUT2D eigenvalue weighted by atomic mass is 9.84. The molecule has 3 rings (SSSR count). The predicted molar refractivity (Wildman–Crippen MR) is 85.6 cm³/mol. The van der Waals surface area contributed by atoms with Crippen LogP contribution in [0.15, 0.2) is 18.2 Å². The molecule has 1 aliphatic carbocycles. The van der Waals surface area contributed by atoms with Crippen LogP contribution in [-0.2, 0) is 5.88 Å². The molecular formula is C16H20Cl2N2. The van der Waals surface area contributed by atoms with Gasteiger partial charge in [0.05, 0.1) is 16.4 Å². The Balaban J connectivity index is 2.07. The van der Waals surface area contributed by atoms with Crippen LogP contribution in [0.1, 0.15) is 50.9 Å². The minimum absolute atomic E-state index is 0.443. The van der Waals surface area contributed by atoms with Crippen molar-refractivity contribution >= 4 is 34.2 Å². The van der Waals surface area contributed by atoms with Crippen molar-refractivity contribution in [3.8, 4) is 0 Å². The zero-order valence-electron chi connectivity index (χ0n) is 11.8. The lowest BCUT2D eigenvalue weighted by molar-refractivity contribution is 0.262. The third kappa shape index (κ3) is 2.44. The first-order valence-corrected chi connectivity index (χ1v) is 8.37. The minimum Gasteiger partial charge on any atom is -0.324 e. The van der Waals surface area contributed by atoms with Crippen LogP contribution in [-0.4, -0.2) is 9.55 Å². The van der Waals surface area contributed by atoms with E-state index in [-0.39, 0.29) is 0 Å². The van der Waals surface area contributed by atoms with E-state index in [0.29, 0.717) is 11.9 Å². The third-order valence-electron chi connectivity index (χ3n) is 4.56. The van der Waals surface area contributed by atoms with Gasteiger partial charge in [-0.25, -0.2) is 4.98 Å². The lowest BCUT2D eigenvalue weighted by Gasteiger charge is -2.30. The van der Waals surface area contributed by atoms with Gasteiger partial charge in [-0.05, 0) is 30.9 Å². The Kier molecular flexibility index (Phi) is 4.23. The van der Waals surface area contributed by atoms with Crippen LogP contribution >= 0.6 is 23.2 Å². The molecule has 1 heterocycles. The van der Waals surface area contributed by atoms with Crippen molar-refractivity contribution in [2.24, 2.45) is 5.92 Å². The molecule has 4 heteroatoms. The summed E-state index contributed by atoms with van der Waals surface area (Å²) >= 11 is 12.4. The number of alkyl halides is 1. The first kappa shape index (κ1) is 14.2.